The van der Waals surface area contributed by atoms with Gasteiger partial charge in [0.25, 0.3) is 0 Å². The number of ether oxygens (including phenoxy) is 3. The van der Waals surface area contributed by atoms with Crippen LogP contribution in [0.15, 0.2) is 0 Å². The summed E-state index contributed by atoms with van der Waals surface area (Å²) >= 11 is 0. The smallest absolute Gasteiger partial charge is 0.222 e. The zero-order chi connectivity index (χ0) is 29.0. The lowest BCUT2D eigenvalue weighted by Gasteiger charge is -2.29. The third-order valence-electron chi connectivity index (χ3n) is 5.85. The van der Waals surface area contributed by atoms with Crippen molar-refractivity contribution in [2.24, 2.45) is 17.2 Å². The van der Waals surface area contributed by atoms with Gasteiger partial charge in [-0.25, -0.2) is 5.48 Å². The zero-order valence-corrected chi connectivity index (χ0v) is 23.5. The van der Waals surface area contributed by atoms with Crippen LogP contribution in [0.25, 0.3) is 0 Å². The van der Waals surface area contributed by atoms with Crippen molar-refractivity contribution in [2.75, 3.05) is 78.9 Å². The summed E-state index contributed by atoms with van der Waals surface area (Å²) in [7, 11) is 0. The minimum atomic E-state index is -0.633. The van der Waals surface area contributed by atoms with Gasteiger partial charge in [-0.15, -0.1) is 0 Å². The van der Waals surface area contributed by atoms with Crippen LogP contribution in [0.1, 0.15) is 57.8 Å². The molecule has 11 N–H and O–H groups in total. The highest BCUT2D eigenvalue weighted by Gasteiger charge is 2.24. The van der Waals surface area contributed by atoms with Crippen molar-refractivity contribution < 1.29 is 33.8 Å². The lowest BCUT2D eigenvalue weighted by atomic mass is 9.89. The van der Waals surface area contributed by atoms with Crippen molar-refractivity contribution in [1.82, 2.24) is 21.4 Å². The van der Waals surface area contributed by atoms with Gasteiger partial charge in [0.15, 0.2) is 0 Å². The lowest BCUT2D eigenvalue weighted by Crippen LogP contribution is -2.43. The molecule has 0 saturated heterocycles. The van der Waals surface area contributed by atoms with E-state index in [2.05, 4.69) is 16.0 Å². The van der Waals surface area contributed by atoms with Crippen molar-refractivity contribution >= 4 is 17.7 Å². The number of carbonyl (C=O) groups excluding carboxylic acids is 3. The van der Waals surface area contributed by atoms with Crippen LogP contribution in [-0.2, 0) is 28.6 Å². The van der Waals surface area contributed by atoms with E-state index in [1.807, 2.05) is 5.48 Å². The zero-order valence-electron chi connectivity index (χ0n) is 23.5. The van der Waals surface area contributed by atoms with Crippen LogP contribution in [0.5, 0.6) is 0 Å². The molecule has 0 bridgehead atoms. The molecule has 0 aromatic heterocycles. The predicted molar refractivity (Wildman–Crippen MR) is 148 cm³/mol. The fraction of sp³-hybridized carbons (Fsp3) is 0.880. The summed E-state index contributed by atoms with van der Waals surface area (Å²) in [5.74, 6) is -0.274. The predicted octanol–water partition coefficient (Wildman–Crippen LogP) is -1.51. The van der Waals surface area contributed by atoms with Crippen LogP contribution in [0.3, 0.4) is 0 Å². The number of carbonyl (C=O) groups is 3. The molecule has 3 amide bonds. The first kappa shape index (κ1) is 37.1. The van der Waals surface area contributed by atoms with Crippen LogP contribution in [0.4, 0.5) is 0 Å². The summed E-state index contributed by atoms with van der Waals surface area (Å²) in [5, 5.41) is 16.9. The van der Waals surface area contributed by atoms with E-state index in [4.69, 9.17) is 36.6 Å². The fourth-order valence-corrected chi connectivity index (χ4v) is 3.32. The maximum absolute atomic E-state index is 11.8. The highest BCUT2D eigenvalue weighted by atomic mass is 16.5. The van der Waals surface area contributed by atoms with Crippen molar-refractivity contribution in [2.45, 2.75) is 63.3 Å². The average molecular weight is 564 g/mol. The van der Waals surface area contributed by atoms with Gasteiger partial charge in [-0.3, -0.25) is 14.4 Å². The first-order valence-corrected chi connectivity index (χ1v) is 14.0. The summed E-state index contributed by atoms with van der Waals surface area (Å²) < 4.78 is 16.9. The Bertz CT molecular complexity index is 598. The van der Waals surface area contributed by atoms with Crippen molar-refractivity contribution in [3.05, 3.63) is 0 Å². The number of rotatable bonds is 28. The maximum Gasteiger partial charge on any atom is 0.222 e. The molecule has 39 heavy (non-hydrogen) atoms. The molecule has 0 aliphatic rings. The SMILES string of the molecule is NCCCNC(=O)CCOCCC(N)(CCOCCC(=O)NCCCN)CCOCCC(=O)NCCCNO. The van der Waals surface area contributed by atoms with E-state index < -0.39 is 5.54 Å². The van der Waals surface area contributed by atoms with E-state index in [1.54, 1.807) is 0 Å². The molecule has 0 radical (unpaired) electrons. The Labute approximate surface area is 232 Å². The first-order chi connectivity index (χ1) is 18.9. The number of hydroxylamine groups is 1. The molecule has 0 atom stereocenters. The molecule has 0 heterocycles. The summed E-state index contributed by atoms with van der Waals surface area (Å²) in [6.07, 6.45) is 4.46. The highest BCUT2D eigenvalue weighted by molar-refractivity contribution is 5.76. The van der Waals surface area contributed by atoms with Gasteiger partial charge in [0, 0.05) is 70.8 Å². The molecular formula is C25H53N7O7. The van der Waals surface area contributed by atoms with Gasteiger partial charge in [-0.05, 0) is 51.6 Å². The molecule has 14 nitrogen and oxygen atoms in total. The summed E-state index contributed by atoms with van der Waals surface area (Å²) in [5.41, 5.74) is 18.9. The molecule has 0 aromatic carbocycles. The summed E-state index contributed by atoms with van der Waals surface area (Å²) in [6, 6.07) is 0. The molecule has 0 aromatic rings. The number of hydrogen-bond acceptors (Lipinski definition) is 11. The van der Waals surface area contributed by atoms with Crippen LogP contribution >= 0.6 is 0 Å². The van der Waals surface area contributed by atoms with Crippen LogP contribution in [0.2, 0.25) is 0 Å². The van der Waals surface area contributed by atoms with Gasteiger partial charge in [-0.2, -0.15) is 0 Å². The van der Waals surface area contributed by atoms with Crippen molar-refractivity contribution in [3.63, 3.8) is 0 Å². The minimum Gasteiger partial charge on any atom is -0.381 e. The number of hydrogen-bond donors (Lipinski definition) is 8. The molecule has 0 saturated carbocycles. The van der Waals surface area contributed by atoms with E-state index in [9.17, 15) is 14.4 Å². The molecule has 0 aliphatic carbocycles. The van der Waals surface area contributed by atoms with Gasteiger partial charge < -0.3 is 52.6 Å². The molecule has 0 spiro atoms. The molecular weight excluding hydrogens is 510 g/mol. The Balaban J connectivity index is 4.37. The Morgan fingerprint density at radius 3 is 1.28 bits per heavy atom. The average Bonchev–Trinajstić information content (AvgIpc) is 2.91. The fourth-order valence-electron chi connectivity index (χ4n) is 3.32. The van der Waals surface area contributed by atoms with Crippen molar-refractivity contribution in [3.8, 4) is 0 Å². The second-order valence-electron chi connectivity index (χ2n) is 9.30. The first-order valence-electron chi connectivity index (χ1n) is 14.0. The Morgan fingerprint density at radius 1 is 0.590 bits per heavy atom. The standard InChI is InChI=1S/C25H53N7O7/c26-10-1-12-29-22(33)4-16-37-19-7-25(28,8-20-38-17-5-23(34)30-13-2-11-27)9-21-39-18-6-24(35)31-14-3-15-32-36/h32,36H,1-21,26-28H2,(H,29,33)(H,30,34)(H,31,35). The topological polar surface area (TPSA) is 225 Å². The Hall–Kier alpha value is -1.91. The monoisotopic (exact) mass is 563 g/mol. The number of nitrogens with two attached hydrogens (primary N) is 3. The molecule has 0 unspecified atom stereocenters. The van der Waals surface area contributed by atoms with Gasteiger partial charge >= 0.3 is 0 Å². The normalized spacial score (nSPS) is 11.4. The number of amides is 3. The van der Waals surface area contributed by atoms with Crippen molar-refractivity contribution in [1.29, 1.82) is 0 Å². The second kappa shape index (κ2) is 26.3. The van der Waals surface area contributed by atoms with Gasteiger partial charge in [-0.1, -0.05) is 0 Å². The molecule has 230 valence electrons. The third-order valence-corrected chi connectivity index (χ3v) is 5.85. The van der Waals surface area contributed by atoms with Gasteiger partial charge in [0.1, 0.15) is 0 Å². The Kier molecular flexibility index (Phi) is 25.0. The van der Waals surface area contributed by atoms with Gasteiger partial charge in [0.2, 0.25) is 17.7 Å². The quantitative estimate of drug-likeness (QED) is 0.0403. The Morgan fingerprint density at radius 2 is 0.949 bits per heavy atom. The van der Waals surface area contributed by atoms with E-state index in [-0.39, 0.29) is 43.6 Å². The molecule has 14 heteroatoms. The van der Waals surface area contributed by atoms with Crippen LogP contribution in [-0.4, -0.2) is 107 Å². The van der Waals surface area contributed by atoms with E-state index in [1.165, 1.54) is 0 Å². The molecule has 0 aliphatic heterocycles. The van der Waals surface area contributed by atoms with E-state index >= 15 is 0 Å². The summed E-state index contributed by atoms with van der Waals surface area (Å²) in [4.78, 5) is 35.4. The second-order valence-corrected chi connectivity index (χ2v) is 9.30. The van der Waals surface area contributed by atoms with E-state index in [0.29, 0.717) is 98.0 Å². The third kappa shape index (κ3) is 24.8. The highest BCUT2D eigenvalue weighted by Crippen LogP contribution is 2.18. The molecule has 0 fully saturated rings. The van der Waals surface area contributed by atoms with Crippen LogP contribution < -0.4 is 38.6 Å². The van der Waals surface area contributed by atoms with E-state index in [0.717, 1.165) is 12.8 Å². The maximum atomic E-state index is 11.8. The van der Waals surface area contributed by atoms with Crippen LogP contribution in [0, 0.1) is 0 Å². The van der Waals surface area contributed by atoms with Gasteiger partial charge in [0.05, 0.1) is 19.8 Å². The lowest BCUT2D eigenvalue weighted by molar-refractivity contribution is -0.123. The summed E-state index contributed by atoms with van der Waals surface area (Å²) in [6.45, 7) is 5.03. The largest absolute Gasteiger partial charge is 0.381 e. The molecule has 0 rings (SSSR count). The minimum absolute atomic E-state index is 0.0783. The number of nitrogens with one attached hydrogen (secondary N) is 4.